The summed E-state index contributed by atoms with van der Waals surface area (Å²) in [7, 11) is -3.11. The predicted molar refractivity (Wildman–Crippen MR) is 86.2 cm³/mol. The van der Waals surface area contributed by atoms with E-state index in [0.29, 0.717) is 13.1 Å². The number of morpholine rings is 2. The summed E-state index contributed by atoms with van der Waals surface area (Å²) in [5.74, 6) is -2.76. The van der Waals surface area contributed by atoms with Crippen molar-refractivity contribution < 1.29 is 36.2 Å². The lowest BCUT2D eigenvalue weighted by atomic mass is 10.1. The summed E-state index contributed by atoms with van der Waals surface area (Å²) >= 11 is 1.65. The number of carboxylic acid groups (broad SMARTS) is 1. The molecule has 148 valence electrons. The van der Waals surface area contributed by atoms with Gasteiger partial charge in [-0.15, -0.1) is 11.3 Å². The molecule has 0 amide bonds. The van der Waals surface area contributed by atoms with Gasteiger partial charge in [0.2, 0.25) is 10.0 Å². The molecule has 8 nitrogen and oxygen atoms in total. The maximum absolute atomic E-state index is 11.6. The van der Waals surface area contributed by atoms with Gasteiger partial charge in [0.05, 0.1) is 25.0 Å². The number of ether oxygens (including phenoxy) is 1. The Bertz CT molecular complexity index is 697. The third-order valence-corrected chi connectivity index (χ3v) is 5.68. The van der Waals surface area contributed by atoms with E-state index in [0.717, 1.165) is 24.6 Å². The summed E-state index contributed by atoms with van der Waals surface area (Å²) in [5.41, 5.74) is 0. The summed E-state index contributed by atoms with van der Waals surface area (Å²) in [5, 5.41) is 10.2. The van der Waals surface area contributed by atoms with E-state index in [-0.39, 0.29) is 12.2 Å². The number of thiazole rings is 1. The van der Waals surface area contributed by atoms with Crippen LogP contribution in [0.5, 0.6) is 0 Å². The fourth-order valence-corrected chi connectivity index (χ4v) is 4.19. The Morgan fingerprint density at radius 3 is 2.27 bits per heavy atom. The highest BCUT2D eigenvalue weighted by molar-refractivity contribution is 7.88. The first-order chi connectivity index (χ1) is 11.9. The Hall–Kier alpha value is -1.28. The SMILES string of the molecule is CS(=O)(=O)N1CC2CN(Cc3nccs3)CC(C1)O2.O=C(O)C(F)(F)F. The first-order valence-electron chi connectivity index (χ1n) is 7.46. The molecular weight excluding hydrogens is 399 g/mol. The van der Waals surface area contributed by atoms with E-state index in [2.05, 4.69) is 9.88 Å². The van der Waals surface area contributed by atoms with Crippen LogP contribution in [0.15, 0.2) is 11.6 Å². The number of nitrogens with zero attached hydrogens (tertiary/aromatic N) is 3. The number of fused-ring (bicyclic) bond motifs is 2. The maximum atomic E-state index is 11.6. The van der Waals surface area contributed by atoms with Crippen molar-refractivity contribution in [3.05, 3.63) is 16.6 Å². The van der Waals surface area contributed by atoms with Gasteiger partial charge < -0.3 is 9.84 Å². The van der Waals surface area contributed by atoms with Crippen LogP contribution in [0, 0.1) is 0 Å². The fourth-order valence-electron chi connectivity index (χ4n) is 2.66. The number of aliphatic carboxylic acids is 1. The van der Waals surface area contributed by atoms with Gasteiger partial charge >= 0.3 is 12.1 Å². The zero-order valence-corrected chi connectivity index (χ0v) is 15.4. The Balaban J connectivity index is 0.000000298. The number of aromatic nitrogens is 1. The first kappa shape index (κ1) is 21.0. The highest BCUT2D eigenvalue weighted by Crippen LogP contribution is 2.22. The van der Waals surface area contributed by atoms with Crippen molar-refractivity contribution in [3.63, 3.8) is 0 Å². The van der Waals surface area contributed by atoms with E-state index in [1.807, 2.05) is 11.6 Å². The van der Waals surface area contributed by atoms with Crippen molar-refractivity contribution >= 4 is 27.3 Å². The van der Waals surface area contributed by atoms with E-state index in [1.165, 1.54) is 10.6 Å². The van der Waals surface area contributed by atoms with E-state index in [1.54, 1.807) is 11.3 Å². The monoisotopic (exact) mass is 417 g/mol. The van der Waals surface area contributed by atoms with Crippen LogP contribution in [0.1, 0.15) is 5.01 Å². The summed E-state index contributed by atoms with van der Waals surface area (Å²) in [6, 6.07) is 0. The van der Waals surface area contributed by atoms with Crippen molar-refractivity contribution in [2.24, 2.45) is 0 Å². The number of halogens is 3. The largest absolute Gasteiger partial charge is 0.490 e. The first-order valence-corrected chi connectivity index (χ1v) is 10.2. The van der Waals surface area contributed by atoms with Gasteiger partial charge in [0, 0.05) is 37.8 Å². The van der Waals surface area contributed by atoms with Crippen molar-refractivity contribution in [1.29, 1.82) is 0 Å². The van der Waals surface area contributed by atoms with E-state index in [9.17, 15) is 21.6 Å². The third kappa shape index (κ3) is 6.16. The van der Waals surface area contributed by atoms with Crippen LogP contribution in [-0.2, 0) is 26.1 Å². The van der Waals surface area contributed by atoms with Crippen molar-refractivity contribution in [2.45, 2.75) is 24.9 Å². The molecule has 1 aromatic rings. The van der Waals surface area contributed by atoms with Crippen LogP contribution in [0.2, 0.25) is 0 Å². The average Bonchev–Trinajstić information content (AvgIpc) is 2.98. The Morgan fingerprint density at radius 1 is 1.35 bits per heavy atom. The second-order valence-electron chi connectivity index (χ2n) is 5.88. The zero-order valence-electron chi connectivity index (χ0n) is 13.7. The van der Waals surface area contributed by atoms with Crippen molar-refractivity contribution in [2.75, 3.05) is 32.4 Å². The predicted octanol–water partition coefficient (Wildman–Crippen LogP) is 0.621. The molecule has 3 heterocycles. The van der Waals surface area contributed by atoms with Gasteiger partial charge in [-0.2, -0.15) is 17.5 Å². The quantitative estimate of drug-likeness (QED) is 0.770. The van der Waals surface area contributed by atoms with E-state index >= 15 is 0 Å². The summed E-state index contributed by atoms with van der Waals surface area (Å²) in [6.45, 7) is 3.28. The smallest absolute Gasteiger partial charge is 0.475 e. The normalized spacial score (nSPS) is 24.6. The number of carbonyl (C=O) groups is 1. The molecule has 2 unspecified atom stereocenters. The molecule has 0 aromatic carbocycles. The number of carboxylic acids is 1. The lowest BCUT2D eigenvalue weighted by molar-refractivity contribution is -0.192. The number of sulfonamides is 1. The van der Waals surface area contributed by atoms with Crippen LogP contribution in [-0.4, -0.2) is 84.5 Å². The second kappa shape index (κ2) is 8.17. The zero-order chi connectivity index (χ0) is 19.5. The van der Waals surface area contributed by atoms with E-state index < -0.39 is 22.2 Å². The molecule has 1 N–H and O–H groups in total. The summed E-state index contributed by atoms with van der Waals surface area (Å²) in [6.07, 6.45) is -2.06. The highest BCUT2D eigenvalue weighted by Gasteiger charge is 2.39. The molecule has 26 heavy (non-hydrogen) atoms. The fraction of sp³-hybridized carbons (Fsp3) is 0.692. The van der Waals surface area contributed by atoms with Crippen LogP contribution >= 0.6 is 11.3 Å². The van der Waals surface area contributed by atoms with Crippen molar-refractivity contribution in [1.82, 2.24) is 14.2 Å². The lowest BCUT2D eigenvalue weighted by Gasteiger charge is -2.44. The molecule has 1 aromatic heterocycles. The Labute approximate surface area is 152 Å². The minimum atomic E-state index is -5.08. The molecule has 2 fully saturated rings. The van der Waals surface area contributed by atoms with Crippen LogP contribution in [0.4, 0.5) is 13.2 Å². The third-order valence-electron chi connectivity index (χ3n) is 3.68. The average molecular weight is 417 g/mol. The second-order valence-corrected chi connectivity index (χ2v) is 8.84. The topological polar surface area (TPSA) is 100 Å². The standard InChI is InChI=1S/C11H17N3O3S2.C2HF3O2/c1-19(15,16)14-6-9-4-13(5-10(7-14)17-9)8-11-12-2-3-18-11;3-2(4,5)1(6)7/h2-3,9-10H,4-8H2,1H3;(H,6,7). The molecule has 0 spiro atoms. The lowest BCUT2D eigenvalue weighted by Crippen LogP contribution is -2.60. The summed E-state index contributed by atoms with van der Waals surface area (Å²) in [4.78, 5) is 15.5. The van der Waals surface area contributed by atoms with Gasteiger partial charge in [-0.1, -0.05) is 0 Å². The highest BCUT2D eigenvalue weighted by atomic mass is 32.2. The number of hydrogen-bond donors (Lipinski definition) is 1. The molecule has 0 aliphatic carbocycles. The van der Waals surface area contributed by atoms with Gasteiger partial charge in [-0.25, -0.2) is 18.2 Å². The van der Waals surface area contributed by atoms with Gasteiger partial charge in [-0.05, 0) is 0 Å². The molecule has 2 saturated heterocycles. The van der Waals surface area contributed by atoms with Gasteiger partial charge in [-0.3, -0.25) is 4.90 Å². The van der Waals surface area contributed by atoms with Crippen molar-refractivity contribution in [3.8, 4) is 0 Å². The summed E-state index contributed by atoms with van der Waals surface area (Å²) < 4.78 is 62.3. The molecule has 0 saturated carbocycles. The van der Waals surface area contributed by atoms with Gasteiger partial charge in [0.15, 0.2) is 0 Å². The number of hydrogen-bond acceptors (Lipinski definition) is 7. The van der Waals surface area contributed by atoms with Gasteiger partial charge in [0.25, 0.3) is 0 Å². The molecule has 3 rings (SSSR count). The minimum absolute atomic E-state index is 0.0258. The Morgan fingerprint density at radius 2 is 1.88 bits per heavy atom. The molecule has 2 aliphatic heterocycles. The molecule has 2 aliphatic rings. The van der Waals surface area contributed by atoms with Crippen LogP contribution in [0.25, 0.3) is 0 Å². The molecule has 2 bridgehead atoms. The maximum Gasteiger partial charge on any atom is 0.490 e. The molecular formula is C13H18F3N3O5S2. The van der Waals surface area contributed by atoms with Crippen LogP contribution < -0.4 is 0 Å². The van der Waals surface area contributed by atoms with E-state index in [4.69, 9.17) is 14.6 Å². The number of alkyl halides is 3. The molecule has 0 radical (unpaired) electrons. The number of rotatable bonds is 3. The Kier molecular flexibility index (Phi) is 6.60. The van der Waals surface area contributed by atoms with Crippen LogP contribution in [0.3, 0.4) is 0 Å². The molecule has 13 heteroatoms. The minimum Gasteiger partial charge on any atom is -0.475 e. The van der Waals surface area contributed by atoms with Gasteiger partial charge in [0.1, 0.15) is 5.01 Å². The molecule has 2 atom stereocenters.